The lowest BCUT2D eigenvalue weighted by atomic mass is 9.82. The predicted molar refractivity (Wildman–Crippen MR) is 83.4 cm³/mol. The number of likely N-dealkylation sites (tertiary alicyclic amines) is 1. The van der Waals surface area contributed by atoms with Crippen LogP contribution in [0.5, 0.6) is 5.75 Å². The van der Waals surface area contributed by atoms with Crippen LogP contribution in [-0.2, 0) is 5.54 Å². The van der Waals surface area contributed by atoms with E-state index in [0.717, 1.165) is 37.2 Å². The van der Waals surface area contributed by atoms with E-state index in [9.17, 15) is 5.26 Å². The summed E-state index contributed by atoms with van der Waals surface area (Å²) in [5, 5.41) is 10.1. The van der Waals surface area contributed by atoms with E-state index in [1.54, 1.807) is 0 Å². The van der Waals surface area contributed by atoms with Crippen molar-refractivity contribution in [2.24, 2.45) is 0 Å². The van der Waals surface area contributed by atoms with Gasteiger partial charge in [0.1, 0.15) is 11.3 Å². The highest BCUT2D eigenvalue weighted by Crippen LogP contribution is 2.43. The van der Waals surface area contributed by atoms with Gasteiger partial charge in [-0.05, 0) is 63.7 Å². The van der Waals surface area contributed by atoms with Crippen molar-refractivity contribution in [3.63, 3.8) is 0 Å². The van der Waals surface area contributed by atoms with Gasteiger partial charge in [0, 0.05) is 5.56 Å². The van der Waals surface area contributed by atoms with Crippen molar-refractivity contribution in [2.45, 2.75) is 51.5 Å². The molecule has 1 fully saturated rings. The number of piperidine rings is 1. The van der Waals surface area contributed by atoms with E-state index in [4.69, 9.17) is 4.74 Å². The van der Waals surface area contributed by atoms with Crippen molar-refractivity contribution in [2.75, 3.05) is 19.7 Å². The highest BCUT2D eigenvalue weighted by molar-refractivity contribution is 5.51. The van der Waals surface area contributed by atoms with E-state index < -0.39 is 5.54 Å². The molecule has 21 heavy (non-hydrogen) atoms. The molecule has 1 aromatic carbocycles. The largest absolute Gasteiger partial charge is 0.493 e. The van der Waals surface area contributed by atoms with Gasteiger partial charge in [-0.25, -0.2) is 0 Å². The van der Waals surface area contributed by atoms with Crippen molar-refractivity contribution < 1.29 is 4.74 Å². The molecule has 0 aromatic heterocycles. The normalized spacial score (nSPS) is 26.3. The Morgan fingerprint density at radius 3 is 2.62 bits per heavy atom. The van der Waals surface area contributed by atoms with Crippen LogP contribution >= 0.6 is 0 Å². The monoisotopic (exact) mass is 284 g/mol. The van der Waals surface area contributed by atoms with Crippen LogP contribution in [0, 0.1) is 25.2 Å². The molecule has 0 saturated carbocycles. The Hall–Kier alpha value is -1.53. The SMILES string of the molecule is Cc1ccc2c(c1C)OCCCC2(C#N)N1CCCCC1. The summed E-state index contributed by atoms with van der Waals surface area (Å²) < 4.78 is 6.03. The van der Waals surface area contributed by atoms with Crippen molar-refractivity contribution >= 4 is 0 Å². The minimum Gasteiger partial charge on any atom is -0.493 e. The van der Waals surface area contributed by atoms with Gasteiger partial charge in [-0.2, -0.15) is 5.26 Å². The first-order chi connectivity index (χ1) is 10.2. The molecule has 1 unspecified atom stereocenters. The number of rotatable bonds is 1. The lowest BCUT2D eigenvalue weighted by Gasteiger charge is -2.41. The molecule has 3 rings (SSSR count). The topological polar surface area (TPSA) is 36.3 Å². The highest BCUT2D eigenvalue weighted by atomic mass is 16.5. The fourth-order valence-electron chi connectivity index (χ4n) is 3.73. The first kappa shape index (κ1) is 14.4. The van der Waals surface area contributed by atoms with E-state index in [0.29, 0.717) is 6.61 Å². The van der Waals surface area contributed by atoms with Crippen LogP contribution in [-0.4, -0.2) is 24.6 Å². The highest BCUT2D eigenvalue weighted by Gasteiger charge is 2.42. The Balaban J connectivity index is 2.13. The van der Waals surface area contributed by atoms with E-state index >= 15 is 0 Å². The first-order valence-corrected chi connectivity index (χ1v) is 8.09. The van der Waals surface area contributed by atoms with Gasteiger partial charge in [0.05, 0.1) is 12.7 Å². The summed E-state index contributed by atoms with van der Waals surface area (Å²) in [6.07, 6.45) is 5.50. The summed E-state index contributed by atoms with van der Waals surface area (Å²) >= 11 is 0. The van der Waals surface area contributed by atoms with Gasteiger partial charge >= 0.3 is 0 Å². The summed E-state index contributed by atoms with van der Waals surface area (Å²) in [5.41, 5.74) is 3.02. The Morgan fingerprint density at radius 2 is 1.90 bits per heavy atom. The standard InChI is InChI=1S/C18H24N2O/c1-14-7-8-16-17(15(14)2)21-12-6-9-18(16,13-19)20-10-4-3-5-11-20/h7-8H,3-6,9-12H2,1-2H3. The van der Waals surface area contributed by atoms with Crippen LogP contribution in [0.3, 0.4) is 0 Å². The Morgan fingerprint density at radius 1 is 1.14 bits per heavy atom. The van der Waals surface area contributed by atoms with Gasteiger partial charge in [-0.15, -0.1) is 0 Å². The second kappa shape index (κ2) is 5.69. The molecule has 2 aliphatic rings. The molecule has 1 saturated heterocycles. The molecule has 0 radical (unpaired) electrons. The zero-order valence-corrected chi connectivity index (χ0v) is 13.1. The lowest BCUT2D eigenvalue weighted by molar-refractivity contribution is 0.101. The average Bonchev–Trinajstić information content (AvgIpc) is 2.72. The molecule has 2 heterocycles. The molecule has 0 spiro atoms. The van der Waals surface area contributed by atoms with Gasteiger partial charge in [0.25, 0.3) is 0 Å². The zero-order valence-electron chi connectivity index (χ0n) is 13.1. The van der Waals surface area contributed by atoms with Gasteiger partial charge in [0.15, 0.2) is 0 Å². The second-order valence-electron chi connectivity index (χ2n) is 6.36. The van der Waals surface area contributed by atoms with Crippen molar-refractivity contribution in [1.82, 2.24) is 4.90 Å². The van der Waals surface area contributed by atoms with Crippen LogP contribution in [0.4, 0.5) is 0 Å². The van der Waals surface area contributed by atoms with Gasteiger partial charge in [-0.1, -0.05) is 18.6 Å². The minimum atomic E-state index is -0.495. The van der Waals surface area contributed by atoms with Crippen LogP contribution in [0.25, 0.3) is 0 Å². The van der Waals surface area contributed by atoms with Gasteiger partial charge < -0.3 is 4.74 Å². The molecular formula is C18H24N2O. The summed E-state index contributed by atoms with van der Waals surface area (Å²) in [6.45, 7) is 6.99. The third-order valence-electron chi connectivity index (χ3n) is 5.13. The number of fused-ring (bicyclic) bond motifs is 1. The number of benzene rings is 1. The van der Waals surface area contributed by atoms with E-state index in [1.165, 1.54) is 30.4 Å². The van der Waals surface area contributed by atoms with Gasteiger partial charge in [-0.3, -0.25) is 4.90 Å². The molecule has 1 atom stereocenters. The fourth-order valence-corrected chi connectivity index (χ4v) is 3.73. The smallest absolute Gasteiger partial charge is 0.138 e. The van der Waals surface area contributed by atoms with E-state index in [2.05, 4.69) is 36.9 Å². The van der Waals surface area contributed by atoms with Crippen LogP contribution < -0.4 is 4.74 Å². The molecule has 0 bridgehead atoms. The number of nitrogens with zero attached hydrogens (tertiary/aromatic N) is 2. The van der Waals surface area contributed by atoms with Crippen molar-refractivity contribution in [3.05, 3.63) is 28.8 Å². The molecule has 112 valence electrons. The quantitative estimate of drug-likeness (QED) is 0.789. The Bertz CT molecular complexity index is 569. The minimum absolute atomic E-state index is 0.495. The molecular weight excluding hydrogens is 260 g/mol. The number of hydrogen-bond acceptors (Lipinski definition) is 3. The molecule has 1 aromatic rings. The van der Waals surface area contributed by atoms with Crippen LogP contribution in [0.15, 0.2) is 12.1 Å². The molecule has 3 nitrogen and oxygen atoms in total. The van der Waals surface area contributed by atoms with Gasteiger partial charge in [0.2, 0.25) is 0 Å². The second-order valence-corrected chi connectivity index (χ2v) is 6.36. The molecule has 0 amide bonds. The van der Waals surface area contributed by atoms with E-state index in [1.807, 2.05) is 0 Å². The Labute approximate surface area is 127 Å². The summed E-state index contributed by atoms with van der Waals surface area (Å²) in [5.74, 6) is 0.958. The predicted octanol–water partition coefficient (Wildman–Crippen LogP) is 3.68. The maximum atomic E-state index is 10.1. The third kappa shape index (κ3) is 2.32. The first-order valence-electron chi connectivity index (χ1n) is 8.09. The van der Waals surface area contributed by atoms with Crippen molar-refractivity contribution in [3.8, 4) is 11.8 Å². The molecule has 0 N–H and O–H groups in total. The van der Waals surface area contributed by atoms with Crippen LogP contribution in [0.1, 0.15) is 48.8 Å². The third-order valence-corrected chi connectivity index (χ3v) is 5.13. The maximum absolute atomic E-state index is 10.1. The summed E-state index contributed by atoms with van der Waals surface area (Å²) in [7, 11) is 0. The van der Waals surface area contributed by atoms with E-state index in [-0.39, 0.29) is 0 Å². The number of nitriles is 1. The zero-order chi connectivity index (χ0) is 14.9. The summed E-state index contributed by atoms with van der Waals surface area (Å²) in [6, 6.07) is 6.94. The Kier molecular flexibility index (Phi) is 3.91. The number of hydrogen-bond donors (Lipinski definition) is 0. The number of ether oxygens (including phenoxy) is 1. The molecule has 3 heteroatoms. The summed E-state index contributed by atoms with van der Waals surface area (Å²) in [4.78, 5) is 2.40. The van der Waals surface area contributed by atoms with Crippen LogP contribution in [0.2, 0.25) is 0 Å². The molecule has 2 aliphatic heterocycles. The number of aryl methyl sites for hydroxylation is 1. The van der Waals surface area contributed by atoms with Crippen molar-refractivity contribution in [1.29, 1.82) is 5.26 Å². The molecule has 0 aliphatic carbocycles. The fraction of sp³-hybridized carbons (Fsp3) is 0.611. The average molecular weight is 284 g/mol. The maximum Gasteiger partial charge on any atom is 0.138 e. The lowest BCUT2D eigenvalue weighted by Crippen LogP contribution is -2.47.